The van der Waals surface area contributed by atoms with E-state index in [0.29, 0.717) is 4.90 Å². The maximum absolute atomic E-state index is 11.6. The number of nitrogens with zero attached hydrogens (tertiary/aromatic N) is 1. The standard InChI is InChI=1S/C4H6F3NO/c5-4(6,7)8-1-2-9-3-8/h1-3H2. The van der Waals surface area contributed by atoms with Gasteiger partial charge in [0, 0.05) is 6.54 Å². The molecule has 1 aliphatic rings. The zero-order valence-electron chi connectivity index (χ0n) is 4.61. The van der Waals surface area contributed by atoms with Crippen LogP contribution in [0.25, 0.3) is 0 Å². The molecule has 0 unspecified atom stereocenters. The van der Waals surface area contributed by atoms with Gasteiger partial charge in [0.1, 0.15) is 6.73 Å². The van der Waals surface area contributed by atoms with Crippen LogP contribution in [0.1, 0.15) is 0 Å². The minimum Gasteiger partial charge on any atom is -0.364 e. The van der Waals surface area contributed by atoms with Crippen LogP contribution < -0.4 is 0 Å². The van der Waals surface area contributed by atoms with Gasteiger partial charge in [0.05, 0.1) is 6.61 Å². The molecule has 0 aliphatic carbocycles. The van der Waals surface area contributed by atoms with E-state index in [1.165, 1.54) is 0 Å². The van der Waals surface area contributed by atoms with E-state index in [2.05, 4.69) is 4.74 Å². The molecular formula is C4H6F3NO. The molecule has 1 saturated heterocycles. The molecule has 2 nitrogen and oxygen atoms in total. The molecular weight excluding hydrogens is 135 g/mol. The monoisotopic (exact) mass is 141 g/mol. The van der Waals surface area contributed by atoms with Crippen molar-refractivity contribution in [2.24, 2.45) is 0 Å². The summed E-state index contributed by atoms with van der Waals surface area (Å²) in [7, 11) is 0. The highest BCUT2D eigenvalue weighted by molar-refractivity contribution is 4.59. The van der Waals surface area contributed by atoms with Crippen LogP contribution in [0.5, 0.6) is 0 Å². The first-order chi connectivity index (χ1) is 4.11. The van der Waals surface area contributed by atoms with Crippen molar-refractivity contribution in [3.8, 4) is 0 Å². The highest BCUT2D eigenvalue weighted by atomic mass is 19.4. The van der Waals surface area contributed by atoms with Crippen LogP contribution in [-0.4, -0.2) is 31.1 Å². The Labute approximate surface area is 50.2 Å². The van der Waals surface area contributed by atoms with Crippen molar-refractivity contribution < 1.29 is 17.9 Å². The van der Waals surface area contributed by atoms with E-state index in [1.807, 2.05) is 0 Å². The normalized spacial score (nSPS) is 23.0. The summed E-state index contributed by atoms with van der Waals surface area (Å²) in [6, 6.07) is 0. The topological polar surface area (TPSA) is 12.5 Å². The number of hydrogen-bond donors (Lipinski definition) is 0. The molecule has 0 spiro atoms. The second-order valence-electron chi connectivity index (χ2n) is 1.77. The summed E-state index contributed by atoms with van der Waals surface area (Å²) in [5, 5.41) is 0. The third-order valence-electron chi connectivity index (χ3n) is 1.11. The van der Waals surface area contributed by atoms with Crippen molar-refractivity contribution in [3.63, 3.8) is 0 Å². The molecule has 0 aromatic heterocycles. The fourth-order valence-electron chi connectivity index (χ4n) is 0.614. The molecule has 1 fully saturated rings. The Kier molecular flexibility index (Phi) is 1.63. The molecule has 0 amide bonds. The highest BCUT2D eigenvalue weighted by Crippen LogP contribution is 2.22. The van der Waals surface area contributed by atoms with Crippen molar-refractivity contribution in [3.05, 3.63) is 0 Å². The van der Waals surface area contributed by atoms with Crippen LogP contribution in [-0.2, 0) is 4.74 Å². The fourth-order valence-corrected chi connectivity index (χ4v) is 0.614. The molecule has 5 heteroatoms. The van der Waals surface area contributed by atoms with Crippen molar-refractivity contribution in [2.75, 3.05) is 19.9 Å². The number of halogens is 3. The predicted molar refractivity (Wildman–Crippen MR) is 23.6 cm³/mol. The first kappa shape index (κ1) is 6.82. The molecule has 0 radical (unpaired) electrons. The zero-order valence-corrected chi connectivity index (χ0v) is 4.61. The molecule has 0 aromatic carbocycles. The smallest absolute Gasteiger partial charge is 0.364 e. The summed E-state index contributed by atoms with van der Waals surface area (Å²) >= 11 is 0. The van der Waals surface area contributed by atoms with E-state index in [4.69, 9.17) is 0 Å². The first-order valence-electron chi connectivity index (χ1n) is 2.50. The molecule has 0 atom stereocenters. The van der Waals surface area contributed by atoms with Crippen LogP contribution in [0.4, 0.5) is 13.2 Å². The lowest BCUT2D eigenvalue weighted by molar-refractivity contribution is -0.245. The fraction of sp³-hybridized carbons (Fsp3) is 1.00. The van der Waals surface area contributed by atoms with Crippen molar-refractivity contribution in [1.82, 2.24) is 4.90 Å². The molecule has 1 rings (SSSR count). The van der Waals surface area contributed by atoms with Gasteiger partial charge in [-0.3, -0.25) is 0 Å². The SMILES string of the molecule is FC(F)(F)N1CCOC1. The number of ether oxygens (including phenoxy) is 1. The Morgan fingerprint density at radius 1 is 1.33 bits per heavy atom. The first-order valence-corrected chi connectivity index (χ1v) is 2.50. The summed E-state index contributed by atoms with van der Waals surface area (Å²) in [6.45, 7) is -0.174. The van der Waals surface area contributed by atoms with Crippen molar-refractivity contribution in [1.29, 1.82) is 0 Å². The lowest BCUT2D eigenvalue weighted by Crippen LogP contribution is -2.35. The van der Waals surface area contributed by atoms with Gasteiger partial charge in [-0.05, 0) is 0 Å². The third-order valence-corrected chi connectivity index (χ3v) is 1.11. The van der Waals surface area contributed by atoms with E-state index in [-0.39, 0.29) is 19.9 Å². The van der Waals surface area contributed by atoms with Crippen LogP contribution in [0.3, 0.4) is 0 Å². The average molecular weight is 141 g/mol. The summed E-state index contributed by atoms with van der Waals surface area (Å²) in [5.41, 5.74) is 0. The van der Waals surface area contributed by atoms with Crippen LogP contribution in [0.2, 0.25) is 0 Å². The van der Waals surface area contributed by atoms with Gasteiger partial charge in [-0.15, -0.1) is 0 Å². The van der Waals surface area contributed by atoms with Crippen molar-refractivity contribution in [2.45, 2.75) is 6.30 Å². The van der Waals surface area contributed by atoms with Crippen LogP contribution in [0.15, 0.2) is 0 Å². The van der Waals surface area contributed by atoms with Gasteiger partial charge >= 0.3 is 6.30 Å². The Morgan fingerprint density at radius 2 is 2.00 bits per heavy atom. The van der Waals surface area contributed by atoms with Gasteiger partial charge in [0.2, 0.25) is 0 Å². The molecule has 0 saturated carbocycles. The highest BCUT2D eigenvalue weighted by Gasteiger charge is 2.38. The van der Waals surface area contributed by atoms with Crippen LogP contribution >= 0.6 is 0 Å². The molecule has 9 heavy (non-hydrogen) atoms. The lowest BCUT2D eigenvalue weighted by Gasteiger charge is -2.15. The minimum absolute atomic E-state index is 0.0382. The van der Waals surface area contributed by atoms with Gasteiger partial charge < -0.3 is 4.74 Å². The maximum atomic E-state index is 11.6. The molecule has 0 bridgehead atoms. The lowest BCUT2D eigenvalue weighted by atomic mass is 10.6. The Hall–Kier alpha value is -0.290. The minimum atomic E-state index is -4.21. The van der Waals surface area contributed by atoms with Gasteiger partial charge in [0.15, 0.2) is 0 Å². The maximum Gasteiger partial charge on any atom is 0.461 e. The van der Waals surface area contributed by atoms with E-state index >= 15 is 0 Å². The average Bonchev–Trinajstić information content (AvgIpc) is 2.08. The predicted octanol–water partition coefficient (Wildman–Crippen LogP) is 0.796. The van der Waals surface area contributed by atoms with E-state index < -0.39 is 6.30 Å². The summed E-state index contributed by atoms with van der Waals surface area (Å²) in [6.07, 6.45) is -4.21. The van der Waals surface area contributed by atoms with E-state index in [0.717, 1.165) is 0 Å². The number of alkyl halides is 3. The van der Waals surface area contributed by atoms with Gasteiger partial charge in [-0.1, -0.05) is 0 Å². The zero-order chi connectivity index (χ0) is 6.91. The van der Waals surface area contributed by atoms with Gasteiger partial charge in [-0.25, -0.2) is 0 Å². The van der Waals surface area contributed by atoms with E-state index in [9.17, 15) is 13.2 Å². The second kappa shape index (κ2) is 2.15. The molecule has 1 heterocycles. The second-order valence-corrected chi connectivity index (χ2v) is 1.77. The third kappa shape index (κ3) is 1.56. The molecule has 54 valence electrons. The summed E-state index contributed by atoms with van der Waals surface area (Å²) in [4.78, 5) is 0.326. The van der Waals surface area contributed by atoms with E-state index in [1.54, 1.807) is 0 Å². The molecule has 1 aliphatic heterocycles. The van der Waals surface area contributed by atoms with Crippen LogP contribution in [0, 0.1) is 0 Å². The molecule has 0 N–H and O–H groups in total. The van der Waals surface area contributed by atoms with Gasteiger partial charge in [-0.2, -0.15) is 18.1 Å². The summed E-state index contributed by atoms with van der Waals surface area (Å²) in [5.74, 6) is 0. The Bertz CT molecular complexity index is 96.5. The van der Waals surface area contributed by atoms with Gasteiger partial charge in [0.25, 0.3) is 0 Å². The Balaban J connectivity index is 2.42. The quantitative estimate of drug-likeness (QED) is 0.462. The Morgan fingerprint density at radius 3 is 2.22 bits per heavy atom. The number of hydrogen-bond acceptors (Lipinski definition) is 2. The molecule has 0 aromatic rings. The largest absolute Gasteiger partial charge is 0.461 e. The summed E-state index contributed by atoms with van der Waals surface area (Å²) < 4.78 is 39.3. The number of rotatable bonds is 0. The van der Waals surface area contributed by atoms with Crippen molar-refractivity contribution >= 4 is 0 Å².